The van der Waals surface area contributed by atoms with Crippen LogP contribution in [0.3, 0.4) is 0 Å². The number of nitrogens with one attached hydrogen (secondary N) is 1. The molecule has 1 aromatic rings. The van der Waals surface area contributed by atoms with Gasteiger partial charge in [0, 0.05) is 26.7 Å². The first-order chi connectivity index (χ1) is 8.45. The Morgan fingerprint density at radius 3 is 2.89 bits per heavy atom. The summed E-state index contributed by atoms with van der Waals surface area (Å²) in [5, 5.41) is 17.2. The van der Waals surface area contributed by atoms with E-state index in [1.54, 1.807) is 11.3 Å². The third-order valence-electron chi connectivity index (χ3n) is 2.88. The highest BCUT2D eigenvalue weighted by Crippen LogP contribution is 2.22. The van der Waals surface area contributed by atoms with Gasteiger partial charge in [-0.25, -0.2) is 0 Å². The maximum Gasteiger partial charge on any atom is 0.144 e. The van der Waals surface area contributed by atoms with E-state index in [0.29, 0.717) is 5.84 Å². The normalized spacial score (nSPS) is 12.9. The maximum atomic E-state index is 8.67. The average molecular weight is 334 g/mol. The standard InChI is InChI=1S/C12H20BrN3OS/c1-12(2,11(14)16-17)4-3-5-15-7-10-6-9(13)8-18-10/h6,8,15,17H,3-5,7H2,1-2H3,(H2,14,16). The van der Waals surface area contributed by atoms with Gasteiger partial charge in [-0.15, -0.1) is 11.3 Å². The van der Waals surface area contributed by atoms with Crippen molar-refractivity contribution in [3.63, 3.8) is 0 Å². The second kappa shape index (κ2) is 7.11. The highest BCUT2D eigenvalue weighted by Gasteiger charge is 2.22. The van der Waals surface area contributed by atoms with Gasteiger partial charge >= 0.3 is 0 Å². The summed E-state index contributed by atoms with van der Waals surface area (Å²) >= 11 is 5.18. The van der Waals surface area contributed by atoms with E-state index in [0.717, 1.165) is 30.4 Å². The van der Waals surface area contributed by atoms with Crippen LogP contribution in [0.15, 0.2) is 21.1 Å². The number of amidine groups is 1. The Hall–Kier alpha value is -0.590. The Labute approximate surface area is 120 Å². The molecule has 18 heavy (non-hydrogen) atoms. The van der Waals surface area contributed by atoms with E-state index < -0.39 is 0 Å². The van der Waals surface area contributed by atoms with Crippen LogP contribution in [0.2, 0.25) is 0 Å². The molecule has 1 aromatic heterocycles. The smallest absolute Gasteiger partial charge is 0.144 e. The lowest BCUT2D eigenvalue weighted by Gasteiger charge is -2.22. The van der Waals surface area contributed by atoms with E-state index in [2.05, 4.69) is 37.8 Å². The van der Waals surface area contributed by atoms with Crippen LogP contribution in [0.1, 0.15) is 31.6 Å². The highest BCUT2D eigenvalue weighted by atomic mass is 79.9. The molecule has 102 valence electrons. The van der Waals surface area contributed by atoms with Crippen LogP contribution >= 0.6 is 27.3 Å². The predicted molar refractivity (Wildman–Crippen MR) is 80.1 cm³/mol. The van der Waals surface area contributed by atoms with Crippen molar-refractivity contribution in [2.45, 2.75) is 33.2 Å². The highest BCUT2D eigenvalue weighted by molar-refractivity contribution is 9.10. The fourth-order valence-corrected chi connectivity index (χ4v) is 3.00. The van der Waals surface area contributed by atoms with Gasteiger partial charge in [-0.1, -0.05) is 19.0 Å². The van der Waals surface area contributed by atoms with Gasteiger partial charge in [0.25, 0.3) is 0 Å². The quantitative estimate of drug-likeness (QED) is 0.236. The zero-order chi connectivity index (χ0) is 13.6. The van der Waals surface area contributed by atoms with E-state index in [1.807, 2.05) is 13.8 Å². The lowest BCUT2D eigenvalue weighted by Crippen LogP contribution is -2.32. The zero-order valence-electron chi connectivity index (χ0n) is 10.7. The minimum Gasteiger partial charge on any atom is -0.409 e. The molecule has 4 nitrogen and oxygen atoms in total. The second-order valence-electron chi connectivity index (χ2n) is 4.88. The molecule has 0 spiro atoms. The Bertz CT molecular complexity index is 404. The molecule has 0 bridgehead atoms. The first kappa shape index (κ1) is 15.5. The van der Waals surface area contributed by atoms with Crippen LogP contribution in [0.25, 0.3) is 0 Å². The average Bonchev–Trinajstić information content (AvgIpc) is 2.73. The number of hydrogen-bond acceptors (Lipinski definition) is 4. The van der Waals surface area contributed by atoms with Gasteiger partial charge in [0.05, 0.1) is 0 Å². The number of halogens is 1. The van der Waals surface area contributed by atoms with Gasteiger partial charge in [0.15, 0.2) is 0 Å². The molecule has 0 aromatic carbocycles. The third-order valence-corrected chi connectivity index (χ3v) is 4.58. The van der Waals surface area contributed by atoms with E-state index in [-0.39, 0.29) is 5.41 Å². The van der Waals surface area contributed by atoms with Crippen molar-refractivity contribution in [2.75, 3.05) is 6.54 Å². The number of rotatable bonds is 7. The molecule has 6 heteroatoms. The fraction of sp³-hybridized carbons (Fsp3) is 0.583. The van der Waals surface area contributed by atoms with Crippen molar-refractivity contribution < 1.29 is 5.21 Å². The SMILES string of the molecule is CC(C)(CCCNCc1cc(Br)cs1)C(N)=NO. The number of thiophene rings is 1. The van der Waals surface area contributed by atoms with Crippen LogP contribution < -0.4 is 11.1 Å². The van der Waals surface area contributed by atoms with E-state index in [1.165, 1.54) is 4.88 Å². The van der Waals surface area contributed by atoms with Gasteiger partial charge in [0.1, 0.15) is 5.84 Å². The van der Waals surface area contributed by atoms with Crippen LogP contribution in [-0.4, -0.2) is 17.6 Å². The zero-order valence-corrected chi connectivity index (χ0v) is 13.1. The minimum absolute atomic E-state index is 0.248. The molecule has 1 rings (SSSR count). The summed E-state index contributed by atoms with van der Waals surface area (Å²) in [5.41, 5.74) is 5.39. The molecular formula is C12H20BrN3OS. The summed E-state index contributed by atoms with van der Waals surface area (Å²) in [6.45, 7) is 5.79. The summed E-state index contributed by atoms with van der Waals surface area (Å²) in [4.78, 5) is 1.32. The van der Waals surface area contributed by atoms with Gasteiger partial charge < -0.3 is 16.3 Å². The number of oxime groups is 1. The summed E-state index contributed by atoms with van der Waals surface area (Å²) in [5.74, 6) is 0.296. The summed E-state index contributed by atoms with van der Waals surface area (Å²) in [6.07, 6.45) is 1.89. The molecule has 0 saturated heterocycles. The number of nitrogens with two attached hydrogens (primary N) is 1. The van der Waals surface area contributed by atoms with Crippen molar-refractivity contribution in [1.29, 1.82) is 0 Å². The predicted octanol–water partition coefficient (Wildman–Crippen LogP) is 3.15. The second-order valence-corrected chi connectivity index (χ2v) is 6.79. The fourth-order valence-electron chi connectivity index (χ4n) is 1.58. The molecule has 0 aliphatic heterocycles. The molecule has 1 heterocycles. The van der Waals surface area contributed by atoms with Crippen LogP contribution in [0.4, 0.5) is 0 Å². The molecule has 0 aliphatic carbocycles. The third kappa shape index (κ3) is 4.96. The van der Waals surface area contributed by atoms with Crippen molar-refractivity contribution in [1.82, 2.24) is 5.32 Å². The van der Waals surface area contributed by atoms with Crippen molar-refractivity contribution in [3.05, 3.63) is 20.8 Å². The molecule has 0 radical (unpaired) electrons. The van der Waals surface area contributed by atoms with Gasteiger partial charge in [0.2, 0.25) is 0 Å². The molecule has 0 saturated carbocycles. The first-order valence-corrected chi connectivity index (χ1v) is 7.54. The molecule has 0 aliphatic rings. The number of hydrogen-bond donors (Lipinski definition) is 3. The van der Waals surface area contributed by atoms with E-state index >= 15 is 0 Å². The van der Waals surface area contributed by atoms with E-state index in [9.17, 15) is 0 Å². The lowest BCUT2D eigenvalue weighted by atomic mass is 9.86. The van der Waals surface area contributed by atoms with Crippen LogP contribution in [0, 0.1) is 5.41 Å². The molecule has 0 atom stereocenters. The van der Waals surface area contributed by atoms with Crippen LogP contribution in [-0.2, 0) is 6.54 Å². The maximum absolute atomic E-state index is 8.67. The first-order valence-electron chi connectivity index (χ1n) is 5.87. The van der Waals surface area contributed by atoms with Crippen LogP contribution in [0.5, 0.6) is 0 Å². The van der Waals surface area contributed by atoms with Crippen molar-refractivity contribution >= 4 is 33.1 Å². The van der Waals surface area contributed by atoms with Crippen molar-refractivity contribution in [3.8, 4) is 0 Å². The minimum atomic E-state index is -0.248. The molecule has 0 unspecified atom stereocenters. The largest absolute Gasteiger partial charge is 0.409 e. The van der Waals surface area contributed by atoms with Gasteiger partial charge in [-0.3, -0.25) is 0 Å². The molecular weight excluding hydrogens is 314 g/mol. The molecule has 0 amide bonds. The Balaban J connectivity index is 2.19. The van der Waals surface area contributed by atoms with Crippen molar-refractivity contribution in [2.24, 2.45) is 16.3 Å². The Kier molecular flexibility index (Phi) is 6.11. The topological polar surface area (TPSA) is 70.6 Å². The lowest BCUT2D eigenvalue weighted by molar-refractivity contribution is 0.304. The Morgan fingerprint density at radius 1 is 1.61 bits per heavy atom. The van der Waals surface area contributed by atoms with E-state index in [4.69, 9.17) is 10.9 Å². The summed E-state index contributed by atoms with van der Waals surface area (Å²) in [6, 6.07) is 2.12. The molecule has 0 fully saturated rings. The monoisotopic (exact) mass is 333 g/mol. The Morgan fingerprint density at radius 2 is 2.33 bits per heavy atom. The molecule has 4 N–H and O–H groups in total. The van der Waals surface area contributed by atoms with Gasteiger partial charge in [-0.05, 0) is 41.4 Å². The summed E-state index contributed by atoms with van der Waals surface area (Å²) < 4.78 is 1.14. The summed E-state index contributed by atoms with van der Waals surface area (Å²) in [7, 11) is 0. The van der Waals surface area contributed by atoms with Gasteiger partial charge in [-0.2, -0.15) is 0 Å². The number of nitrogens with zero attached hydrogens (tertiary/aromatic N) is 1.